The minimum absolute atomic E-state index is 0.104. The number of fused-ring (bicyclic) bond motifs is 3. The number of thiophene rings is 1. The van der Waals surface area contributed by atoms with Crippen molar-refractivity contribution in [2.45, 2.75) is 25.0 Å². The van der Waals surface area contributed by atoms with Gasteiger partial charge in [-0.3, -0.25) is 19.3 Å². The van der Waals surface area contributed by atoms with E-state index in [0.29, 0.717) is 17.8 Å². The van der Waals surface area contributed by atoms with Gasteiger partial charge in [0.1, 0.15) is 0 Å². The molecule has 8 nitrogen and oxygen atoms in total. The maximum Gasteiger partial charge on any atom is 0.354 e. The zero-order valence-electron chi connectivity index (χ0n) is 16.7. The molecule has 2 aliphatic rings. The molecular formula is C21H21N3O5S. The van der Waals surface area contributed by atoms with Crippen molar-refractivity contribution >= 4 is 40.7 Å². The Hall–Kier alpha value is -3.20. The average molecular weight is 427 g/mol. The van der Waals surface area contributed by atoms with Crippen LogP contribution in [0.5, 0.6) is 0 Å². The second kappa shape index (κ2) is 7.56. The quantitative estimate of drug-likeness (QED) is 0.680. The fourth-order valence-electron chi connectivity index (χ4n) is 3.99. The van der Waals surface area contributed by atoms with E-state index in [1.165, 1.54) is 33.1 Å². The van der Waals surface area contributed by atoms with Gasteiger partial charge in [-0.2, -0.15) is 11.3 Å². The van der Waals surface area contributed by atoms with Crippen LogP contribution in [0, 0.1) is 0 Å². The molecule has 2 aromatic rings. The van der Waals surface area contributed by atoms with Crippen LogP contribution in [-0.4, -0.2) is 59.9 Å². The molecule has 0 saturated carbocycles. The van der Waals surface area contributed by atoms with Crippen LogP contribution in [0.4, 0.5) is 5.69 Å². The van der Waals surface area contributed by atoms with Gasteiger partial charge >= 0.3 is 5.97 Å². The van der Waals surface area contributed by atoms with E-state index in [0.717, 1.165) is 5.56 Å². The van der Waals surface area contributed by atoms with E-state index in [2.05, 4.69) is 0 Å². The first-order valence-electron chi connectivity index (χ1n) is 9.49. The van der Waals surface area contributed by atoms with Gasteiger partial charge in [0.05, 0.1) is 11.3 Å². The molecule has 1 aromatic heterocycles. The van der Waals surface area contributed by atoms with Gasteiger partial charge in [0.15, 0.2) is 6.61 Å². The highest BCUT2D eigenvalue weighted by Crippen LogP contribution is 2.44. The summed E-state index contributed by atoms with van der Waals surface area (Å²) in [5.41, 5.74) is 0.156. The number of anilines is 1. The fraction of sp³-hybridized carbons (Fsp3) is 0.333. The van der Waals surface area contributed by atoms with Gasteiger partial charge in [0.2, 0.25) is 11.6 Å². The van der Waals surface area contributed by atoms with Crippen LogP contribution in [0.15, 0.2) is 41.1 Å². The second-order valence-electron chi connectivity index (χ2n) is 7.38. The standard InChI is InChI=1S/C21H21N3O5S/c1-22(11-14-8-10-30-13-14)18(26)12-29-20(28)21-9-7-17(25)24(21)16-6-4-3-5-15(16)19(27)23(21)2/h3-6,8,10,13H,7,9,11-12H2,1-2H3. The summed E-state index contributed by atoms with van der Waals surface area (Å²) < 4.78 is 5.36. The van der Waals surface area contributed by atoms with E-state index < -0.39 is 18.2 Å². The highest BCUT2D eigenvalue weighted by molar-refractivity contribution is 7.07. The Morgan fingerprint density at radius 2 is 2.00 bits per heavy atom. The van der Waals surface area contributed by atoms with E-state index in [9.17, 15) is 19.2 Å². The predicted octanol–water partition coefficient (Wildman–Crippen LogP) is 1.86. The van der Waals surface area contributed by atoms with E-state index in [1.807, 2.05) is 16.8 Å². The molecule has 1 fully saturated rings. The first kappa shape index (κ1) is 20.1. The van der Waals surface area contributed by atoms with Crippen LogP contribution < -0.4 is 4.90 Å². The van der Waals surface area contributed by atoms with E-state index in [-0.39, 0.29) is 30.6 Å². The summed E-state index contributed by atoms with van der Waals surface area (Å²) in [6.07, 6.45) is 0.216. The number of hydrogen-bond donors (Lipinski definition) is 0. The normalized spacial score (nSPS) is 20.1. The van der Waals surface area contributed by atoms with Crippen molar-refractivity contribution in [3.63, 3.8) is 0 Å². The van der Waals surface area contributed by atoms with Crippen molar-refractivity contribution in [2.75, 3.05) is 25.6 Å². The highest BCUT2D eigenvalue weighted by atomic mass is 32.1. The average Bonchev–Trinajstić information content (AvgIpc) is 3.38. The largest absolute Gasteiger partial charge is 0.452 e. The van der Waals surface area contributed by atoms with Gasteiger partial charge in [0, 0.05) is 33.5 Å². The smallest absolute Gasteiger partial charge is 0.354 e. The Bertz CT molecular complexity index is 1020. The highest BCUT2D eigenvalue weighted by Gasteiger charge is 2.60. The molecule has 3 amide bonds. The predicted molar refractivity (Wildman–Crippen MR) is 110 cm³/mol. The molecule has 0 radical (unpaired) electrons. The lowest BCUT2D eigenvalue weighted by Crippen LogP contribution is -2.67. The third-order valence-corrected chi connectivity index (χ3v) is 6.35. The monoisotopic (exact) mass is 427 g/mol. The van der Waals surface area contributed by atoms with Crippen LogP contribution in [0.25, 0.3) is 0 Å². The first-order chi connectivity index (χ1) is 14.4. The maximum absolute atomic E-state index is 13.2. The van der Waals surface area contributed by atoms with Crippen LogP contribution >= 0.6 is 11.3 Å². The topological polar surface area (TPSA) is 87.2 Å². The molecule has 30 heavy (non-hydrogen) atoms. The Kier molecular flexibility index (Phi) is 5.07. The van der Waals surface area contributed by atoms with Crippen molar-refractivity contribution in [1.29, 1.82) is 0 Å². The lowest BCUT2D eigenvalue weighted by molar-refractivity contribution is -0.161. The van der Waals surface area contributed by atoms with Crippen molar-refractivity contribution in [1.82, 2.24) is 9.80 Å². The zero-order chi connectivity index (χ0) is 21.5. The van der Waals surface area contributed by atoms with Crippen LogP contribution in [0.1, 0.15) is 28.8 Å². The molecule has 0 bridgehead atoms. The number of ether oxygens (including phenoxy) is 1. The van der Waals surface area contributed by atoms with Gasteiger partial charge in [-0.15, -0.1) is 0 Å². The molecule has 156 valence electrons. The second-order valence-corrected chi connectivity index (χ2v) is 8.16. The fourth-order valence-corrected chi connectivity index (χ4v) is 4.65. The van der Waals surface area contributed by atoms with Crippen molar-refractivity contribution < 1.29 is 23.9 Å². The zero-order valence-corrected chi connectivity index (χ0v) is 17.5. The van der Waals surface area contributed by atoms with Gasteiger partial charge < -0.3 is 14.5 Å². The summed E-state index contributed by atoms with van der Waals surface area (Å²) in [4.78, 5) is 55.3. The number of carbonyl (C=O) groups is 4. The third-order valence-electron chi connectivity index (χ3n) is 5.62. The van der Waals surface area contributed by atoms with E-state index >= 15 is 0 Å². The van der Waals surface area contributed by atoms with Crippen LogP contribution in [-0.2, 0) is 25.7 Å². The number of benzene rings is 1. The van der Waals surface area contributed by atoms with Crippen molar-refractivity contribution in [3.8, 4) is 0 Å². The number of carbonyl (C=O) groups excluding carboxylic acids is 4. The third kappa shape index (κ3) is 3.06. The summed E-state index contributed by atoms with van der Waals surface area (Å²) in [7, 11) is 3.11. The Labute approximate surface area is 177 Å². The molecule has 1 aromatic carbocycles. The molecule has 4 rings (SSSR count). The molecular weight excluding hydrogens is 406 g/mol. The summed E-state index contributed by atoms with van der Waals surface area (Å²) in [6, 6.07) is 8.60. The van der Waals surface area contributed by atoms with Crippen molar-refractivity contribution in [2.24, 2.45) is 0 Å². The Morgan fingerprint density at radius 3 is 2.73 bits per heavy atom. The summed E-state index contributed by atoms with van der Waals surface area (Å²) in [5.74, 6) is -1.78. The lowest BCUT2D eigenvalue weighted by atomic mass is 9.97. The van der Waals surface area contributed by atoms with Gasteiger partial charge in [-0.25, -0.2) is 4.79 Å². The SMILES string of the molecule is CN(Cc1ccsc1)C(=O)COC(=O)C12CCC(=O)N1c1ccccc1C(=O)N2C. The number of nitrogens with zero attached hydrogens (tertiary/aromatic N) is 3. The summed E-state index contributed by atoms with van der Waals surface area (Å²) >= 11 is 1.54. The molecule has 1 saturated heterocycles. The molecule has 0 spiro atoms. The molecule has 9 heteroatoms. The van der Waals surface area contributed by atoms with E-state index in [4.69, 9.17) is 4.74 Å². The van der Waals surface area contributed by atoms with Crippen molar-refractivity contribution in [3.05, 3.63) is 52.2 Å². The number of amides is 3. The minimum atomic E-state index is -1.57. The van der Waals surface area contributed by atoms with Crippen LogP contribution in [0.3, 0.4) is 0 Å². The molecule has 3 heterocycles. The minimum Gasteiger partial charge on any atom is -0.452 e. The lowest BCUT2D eigenvalue weighted by Gasteiger charge is -2.46. The van der Waals surface area contributed by atoms with Crippen LogP contribution in [0.2, 0.25) is 0 Å². The molecule has 0 aliphatic carbocycles. The Balaban J connectivity index is 1.54. The van der Waals surface area contributed by atoms with Gasteiger partial charge in [-0.1, -0.05) is 12.1 Å². The van der Waals surface area contributed by atoms with Gasteiger partial charge in [0.25, 0.3) is 11.8 Å². The number of para-hydroxylation sites is 1. The number of rotatable bonds is 5. The molecule has 1 unspecified atom stereocenters. The van der Waals surface area contributed by atoms with E-state index in [1.54, 1.807) is 31.3 Å². The molecule has 0 N–H and O–H groups in total. The summed E-state index contributed by atoms with van der Waals surface area (Å²) in [6.45, 7) is -0.0612. The number of hydrogen-bond acceptors (Lipinski definition) is 6. The van der Waals surface area contributed by atoms with Gasteiger partial charge in [-0.05, 0) is 34.5 Å². The maximum atomic E-state index is 13.2. The number of likely N-dealkylation sites (N-methyl/N-ethyl adjacent to an activating group) is 2. The Morgan fingerprint density at radius 1 is 1.23 bits per heavy atom. The summed E-state index contributed by atoms with van der Waals surface area (Å²) in [5, 5.41) is 3.86. The molecule has 1 atom stereocenters. The number of esters is 1. The first-order valence-corrected chi connectivity index (χ1v) is 10.4. The molecule has 2 aliphatic heterocycles.